The Morgan fingerprint density at radius 2 is 1.96 bits per heavy atom. The van der Waals surface area contributed by atoms with E-state index in [0.29, 0.717) is 44.0 Å². The van der Waals surface area contributed by atoms with Crippen molar-refractivity contribution < 1.29 is 9.59 Å². The maximum absolute atomic E-state index is 13.0. The molecule has 142 valence electrons. The Bertz CT molecular complexity index is 840. The Labute approximate surface area is 167 Å². The Morgan fingerprint density at radius 1 is 1.15 bits per heavy atom. The molecule has 3 heterocycles. The van der Waals surface area contributed by atoms with Gasteiger partial charge in [-0.1, -0.05) is 17.7 Å². The van der Waals surface area contributed by atoms with Crippen molar-refractivity contribution in [3.05, 3.63) is 51.2 Å². The molecule has 0 spiro atoms. The van der Waals surface area contributed by atoms with Gasteiger partial charge in [-0.05, 0) is 41.6 Å². The van der Waals surface area contributed by atoms with Crippen molar-refractivity contribution in [2.75, 3.05) is 31.5 Å². The predicted octanol–water partition coefficient (Wildman–Crippen LogP) is 3.04. The lowest BCUT2D eigenvalue weighted by atomic mass is 10.1. The van der Waals surface area contributed by atoms with E-state index >= 15 is 0 Å². The van der Waals surface area contributed by atoms with E-state index in [1.54, 1.807) is 11.3 Å². The van der Waals surface area contributed by atoms with Gasteiger partial charge in [0.15, 0.2) is 0 Å². The van der Waals surface area contributed by atoms with Crippen LogP contribution in [0.4, 0.5) is 5.69 Å². The summed E-state index contributed by atoms with van der Waals surface area (Å²) in [6, 6.07) is 9.40. The molecule has 1 fully saturated rings. The first-order chi connectivity index (χ1) is 13.1. The highest BCUT2D eigenvalue weighted by Gasteiger charge is 2.31. The highest BCUT2D eigenvalue weighted by Crippen LogP contribution is 2.29. The average molecular weight is 404 g/mol. The van der Waals surface area contributed by atoms with Crippen LogP contribution in [0.25, 0.3) is 0 Å². The number of rotatable bonds is 3. The van der Waals surface area contributed by atoms with Crippen molar-refractivity contribution in [2.45, 2.75) is 25.3 Å². The first-order valence-electron chi connectivity index (χ1n) is 9.24. The van der Waals surface area contributed by atoms with Gasteiger partial charge >= 0.3 is 0 Å². The minimum Gasteiger partial charge on any atom is -0.373 e. The predicted molar refractivity (Wildman–Crippen MR) is 108 cm³/mol. The number of carbonyl (C=O) groups is 2. The number of nitrogens with zero attached hydrogens (tertiary/aromatic N) is 2. The third kappa shape index (κ3) is 4.12. The molecule has 4 rings (SSSR count). The second-order valence-corrected chi connectivity index (χ2v) is 8.49. The summed E-state index contributed by atoms with van der Waals surface area (Å²) in [7, 11) is 0. The summed E-state index contributed by atoms with van der Waals surface area (Å²) in [6.45, 7) is 2.59. The van der Waals surface area contributed by atoms with Crippen molar-refractivity contribution >= 4 is 40.4 Å². The fraction of sp³-hybridized carbons (Fsp3) is 0.400. The SMILES string of the molecule is O=C(Cc1cccs1)N1CCCN(C(=O)C2Cc3cc(Cl)ccc3N2)CC1. The minimum absolute atomic E-state index is 0.106. The molecule has 1 aromatic heterocycles. The van der Waals surface area contributed by atoms with Gasteiger partial charge in [0.2, 0.25) is 11.8 Å². The van der Waals surface area contributed by atoms with Crippen molar-refractivity contribution in [1.82, 2.24) is 9.80 Å². The summed E-state index contributed by atoms with van der Waals surface area (Å²) in [6.07, 6.45) is 1.92. The lowest BCUT2D eigenvalue weighted by Crippen LogP contribution is -2.44. The van der Waals surface area contributed by atoms with E-state index in [0.717, 1.165) is 22.5 Å². The van der Waals surface area contributed by atoms with E-state index in [-0.39, 0.29) is 17.9 Å². The van der Waals surface area contributed by atoms with Crippen molar-refractivity contribution in [3.8, 4) is 0 Å². The highest BCUT2D eigenvalue weighted by molar-refractivity contribution is 7.10. The lowest BCUT2D eigenvalue weighted by molar-refractivity contribution is -0.133. The number of carbonyl (C=O) groups excluding carboxylic acids is 2. The molecule has 1 aromatic carbocycles. The zero-order valence-electron chi connectivity index (χ0n) is 15.0. The largest absolute Gasteiger partial charge is 0.373 e. The molecular weight excluding hydrogens is 382 g/mol. The molecule has 0 radical (unpaired) electrons. The van der Waals surface area contributed by atoms with Crippen LogP contribution in [0.2, 0.25) is 5.02 Å². The molecule has 2 aromatic rings. The number of halogens is 1. The molecule has 2 amide bonds. The molecular formula is C20H22ClN3O2S. The third-order valence-electron chi connectivity index (χ3n) is 5.18. The number of fused-ring (bicyclic) bond motifs is 1. The van der Waals surface area contributed by atoms with Gasteiger partial charge < -0.3 is 15.1 Å². The van der Waals surface area contributed by atoms with Crippen LogP contribution >= 0.6 is 22.9 Å². The van der Waals surface area contributed by atoms with Crippen LogP contribution in [0.1, 0.15) is 16.9 Å². The van der Waals surface area contributed by atoms with Crippen LogP contribution in [0, 0.1) is 0 Å². The Balaban J connectivity index is 1.34. The maximum atomic E-state index is 13.0. The second-order valence-electron chi connectivity index (χ2n) is 7.02. The standard InChI is InChI=1S/C20H22ClN3O2S/c21-15-4-5-17-14(11-15)12-18(22-17)20(26)24-7-2-6-23(8-9-24)19(25)13-16-3-1-10-27-16/h1,3-5,10-11,18,22H,2,6-9,12-13H2. The van der Waals surface area contributed by atoms with E-state index in [2.05, 4.69) is 5.32 Å². The summed E-state index contributed by atoms with van der Waals surface area (Å²) in [5, 5.41) is 6.00. The number of hydrogen-bond donors (Lipinski definition) is 1. The molecule has 0 aliphatic carbocycles. The van der Waals surface area contributed by atoms with Gasteiger partial charge in [-0.2, -0.15) is 0 Å². The first-order valence-corrected chi connectivity index (χ1v) is 10.5. The minimum atomic E-state index is -0.244. The van der Waals surface area contributed by atoms with Gasteiger partial charge in [-0.15, -0.1) is 11.3 Å². The zero-order valence-corrected chi connectivity index (χ0v) is 16.6. The summed E-state index contributed by atoms with van der Waals surface area (Å²) in [5.41, 5.74) is 2.07. The van der Waals surface area contributed by atoms with Crippen LogP contribution < -0.4 is 5.32 Å². The van der Waals surface area contributed by atoms with Gasteiger partial charge in [0, 0.05) is 48.2 Å². The molecule has 1 N–H and O–H groups in total. The summed E-state index contributed by atoms with van der Waals surface area (Å²) in [4.78, 5) is 30.4. The second kappa shape index (κ2) is 7.90. The van der Waals surface area contributed by atoms with E-state index in [1.165, 1.54) is 0 Å². The van der Waals surface area contributed by atoms with Gasteiger partial charge in [-0.25, -0.2) is 0 Å². The van der Waals surface area contributed by atoms with Crippen LogP contribution in [-0.4, -0.2) is 53.8 Å². The Kier molecular flexibility index (Phi) is 5.36. The average Bonchev–Trinajstić information content (AvgIpc) is 3.24. The van der Waals surface area contributed by atoms with Crippen LogP contribution in [0.5, 0.6) is 0 Å². The molecule has 1 unspecified atom stereocenters. The monoisotopic (exact) mass is 403 g/mol. The molecule has 2 aliphatic heterocycles. The summed E-state index contributed by atoms with van der Waals surface area (Å²) < 4.78 is 0. The highest BCUT2D eigenvalue weighted by atomic mass is 35.5. The number of amides is 2. The fourth-order valence-electron chi connectivity index (χ4n) is 3.76. The van der Waals surface area contributed by atoms with Crippen molar-refractivity contribution in [1.29, 1.82) is 0 Å². The summed E-state index contributed by atoms with van der Waals surface area (Å²) in [5.74, 6) is 0.252. The van der Waals surface area contributed by atoms with Crippen molar-refractivity contribution in [2.24, 2.45) is 0 Å². The number of thiophene rings is 1. The molecule has 1 atom stereocenters. The van der Waals surface area contributed by atoms with Crippen LogP contribution in [0.3, 0.4) is 0 Å². The maximum Gasteiger partial charge on any atom is 0.245 e. The zero-order chi connectivity index (χ0) is 18.8. The molecule has 7 heteroatoms. The summed E-state index contributed by atoms with van der Waals surface area (Å²) >= 11 is 7.67. The molecule has 2 aliphatic rings. The molecule has 27 heavy (non-hydrogen) atoms. The van der Waals surface area contributed by atoms with Gasteiger partial charge in [0.1, 0.15) is 6.04 Å². The van der Waals surface area contributed by atoms with Gasteiger partial charge in [0.25, 0.3) is 0 Å². The molecule has 5 nitrogen and oxygen atoms in total. The lowest BCUT2D eigenvalue weighted by Gasteiger charge is -2.25. The Morgan fingerprint density at radius 3 is 2.78 bits per heavy atom. The fourth-order valence-corrected chi connectivity index (χ4v) is 4.65. The Hall–Kier alpha value is -2.05. The molecule has 1 saturated heterocycles. The van der Waals surface area contributed by atoms with Gasteiger partial charge in [0.05, 0.1) is 6.42 Å². The topological polar surface area (TPSA) is 52.7 Å². The van der Waals surface area contributed by atoms with E-state index < -0.39 is 0 Å². The first kappa shape index (κ1) is 18.3. The quantitative estimate of drug-likeness (QED) is 0.857. The molecule has 0 saturated carbocycles. The van der Waals surface area contributed by atoms with E-state index in [4.69, 9.17) is 11.6 Å². The smallest absolute Gasteiger partial charge is 0.245 e. The molecule has 0 bridgehead atoms. The normalized spacial score (nSPS) is 19.4. The number of hydrogen-bond acceptors (Lipinski definition) is 4. The number of anilines is 1. The van der Waals surface area contributed by atoms with Crippen molar-refractivity contribution in [3.63, 3.8) is 0 Å². The number of benzene rings is 1. The van der Waals surface area contributed by atoms with Gasteiger partial charge in [-0.3, -0.25) is 9.59 Å². The van der Waals surface area contributed by atoms with Crippen LogP contribution in [0.15, 0.2) is 35.7 Å². The van der Waals surface area contributed by atoms with Crippen LogP contribution in [-0.2, 0) is 22.4 Å². The van der Waals surface area contributed by atoms with E-state index in [1.807, 2.05) is 45.5 Å². The van der Waals surface area contributed by atoms with E-state index in [9.17, 15) is 9.59 Å². The number of nitrogens with one attached hydrogen (secondary N) is 1. The third-order valence-corrected chi connectivity index (χ3v) is 6.30.